The number of alkyl halides is 3. The van der Waals surface area contributed by atoms with Gasteiger partial charge in [0.1, 0.15) is 22.8 Å². The van der Waals surface area contributed by atoms with E-state index in [1.807, 2.05) is 6.92 Å². The van der Waals surface area contributed by atoms with Gasteiger partial charge in [0.05, 0.1) is 11.2 Å². The lowest BCUT2D eigenvalue weighted by Gasteiger charge is -2.32. The Kier molecular flexibility index (Phi) is 6.68. The molecule has 4 rings (SSSR count). The smallest absolute Gasteiger partial charge is 0.484 e. The zero-order valence-corrected chi connectivity index (χ0v) is 18.6. The standard InChI is InChI=1S/C22H23F3N6O3/c1-14-20-17(27-21(26-14)31-11-9-30(2)10-12-31)7-8-18(29-20)28-19(32)13-33-15-3-5-16(6-4-15)34-22(23,24)25/h3-8H,9-13H2,1-2H3,(H,28,29,32). The van der Waals surface area contributed by atoms with Gasteiger partial charge in [0.25, 0.3) is 5.91 Å². The molecular weight excluding hydrogens is 453 g/mol. The fourth-order valence-electron chi connectivity index (χ4n) is 3.43. The van der Waals surface area contributed by atoms with E-state index in [-0.39, 0.29) is 18.1 Å². The third kappa shape index (κ3) is 6.01. The molecule has 1 N–H and O–H groups in total. The summed E-state index contributed by atoms with van der Waals surface area (Å²) in [5, 5.41) is 2.64. The molecule has 3 heterocycles. The van der Waals surface area contributed by atoms with Gasteiger partial charge in [-0.05, 0) is 50.4 Å². The van der Waals surface area contributed by atoms with Crippen molar-refractivity contribution in [2.24, 2.45) is 0 Å². The van der Waals surface area contributed by atoms with Crippen molar-refractivity contribution in [3.63, 3.8) is 0 Å². The highest BCUT2D eigenvalue weighted by atomic mass is 19.4. The first kappa shape index (κ1) is 23.5. The predicted octanol–water partition coefficient (Wildman–Crippen LogP) is 3.00. The molecule has 9 nitrogen and oxygen atoms in total. The predicted molar refractivity (Wildman–Crippen MR) is 119 cm³/mol. The molecule has 3 aromatic rings. The summed E-state index contributed by atoms with van der Waals surface area (Å²) in [5.74, 6) is 0.343. The molecule has 0 atom stereocenters. The molecule has 34 heavy (non-hydrogen) atoms. The molecular formula is C22H23F3N6O3. The molecule has 0 unspecified atom stereocenters. The van der Waals surface area contributed by atoms with E-state index >= 15 is 0 Å². The van der Waals surface area contributed by atoms with E-state index < -0.39 is 12.3 Å². The largest absolute Gasteiger partial charge is 0.573 e. The first-order chi connectivity index (χ1) is 16.2. The lowest BCUT2D eigenvalue weighted by atomic mass is 10.3. The molecule has 2 aromatic heterocycles. The number of aromatic nitrogens is 3. The Bertz CT molecular complexity index is 1160. The van der Waals surface area contributed by atoms with Crippen LogP contribution in [0.4, 0.5) is 24.9 Å². The molecule has 0 saturated carbocycles. The number of halogens is 3. The number of pyridine rings is 1. The molecule has 1 amide bonds. The summed E-state index contributed by atoms with van der Waals surface area (Å²) in [4.78, 5) is 30.3. The molecule has 0 spiro atoms. The fraction of sp³-hybridized carbons (Fsp3) is 0.364. The molecule has 0 radical (unpaired) electrons. The number of rotatable bonds is 6. The maximum absolute atomic E-state index is 12.3. The van der Waals surface area contributed by atoms with Gasteiger partial charge >= 0.3 is 6.36 Å². The number of hydrogen-bond donors (Lipinski definition) is 1. The summed E-state index contributed by atoms with van der Waals surface area (Å²) in [5.41, 5.74) is 1.96. The highest BCUT2D eigenvalue weighted by molar-refractivity contribution is 5.92. The first-order valence-corrected chi connectivity index (χ1v) is 10.5. The van der Waals surface area contributed by atoms with Crippen LogP contribution in [0.25, 0.3) is 11.0 Å². The number of piperazine rings is 1. The average molecular weight is 476 g/mol. The van der Waals surface area contributed by atoms with Crippen molar-refractivity contribution in [2.45, 2.75) is 13.3 Å². The average Bonchev–Trinajstić information content (AvgIpc) is 2.78. The summed E-state index contributed by atoms with van der Waals surface area (Å²) in [7, 11) is 2.08. The van der Waals surface area contributed by atoms with E-state index in [1.165, 1.54) is 12.1 Å². The first-order valence-electron chi connectivity index (χ1n) is 10.5. The number of carbonyl (C=O) groups is 1. The van der Waals surface area contributed by atoms with Crippen LogP contribution in [0.3, 0.4) is 0 Å². The van der Waals surface area contributed by atoms with Crippen LogP contribution in [0.1, 0.15) is 5.69 Å². The Morgan fingerprint density at radius 2 is 1.68 bits per heavy atom. The summed E-state index contributed by atoms with van der Waals surface area (Å²) in [6.07, 6.45) is -4.77. The quantitative estimate of drug-likeness (QED) is 0.581. The number of ether oxygens (including phenoxy) is 2. The summed E-state index contributed by atoms with van der Waals surface area (Å²) >= 11 is 0. The van der Waals surface area contributed by atoms with E-state index in [4.69, 9.17) is 4.74 Å². The second-order valence-corrected chi connectivity index (χ2v) is 7.82. The molecule has 12 heteroatoms. The Hall–Kier alpha value is -3.67. The van der Waals surface area contributed by atoms with Gasteiger partial charge in [-0.25, -0.2) is 15.0 Å². The number of carbonyl (C=O) groups excluding carboxylic acids is 1. The number of benzene rings is 1. The van der Waals surface area contributed by atoms with Gasteiger partial charge in [0.15, 0.2) is 6.61 Å². The highest BCUT2D eigenvalue weighted by Crippen LogP contribution is 2.25. The van der Waals surface area contributed by atoms with Crippen LogP contribution in [0.15, 0.2) is 36.4 Å². The van der Waals surface area contributed by atoms with Crippen LogP contribution in [0.2, 0.25) is 0 Å². The van der Waals surface area contributed by atoms with E-state index in [2.05, 4.69) is 41.9 Å². The molecule has 1 saturated heterocycles. The second kappa shape index (κ2) is 9.67. The van der Waals surface area contributed by atoms with Crippen LogP contribution in [0, 0.1) is 6.92 Å². The van der Waals surface area contributed by atoms with Crippen molar-refractivity contribution in [3.05, 3.63) is 42.1 Å². The van der Waals surface area contributed by atoms with Crippen molar-refractivity contribution in [2.75, 3.05) is 50.1 Å². The molecule has 1 aliphatic rings. The Morgan fingerprint density at radius 1 is 1.00 bits per heavy atom. The van der Waals surface area contributed by atoms with Crippen LogP contribution in [-0.2, 0) is 4.79 Å². The Labute approximate surface area is 193 Å². The van der Waals surface area contributed by atoms with Crippen molar-refractivity contribution in [3.8, 4) is 11.5 Å². The number of likely N-dealkylation sites (N-methyl/N-ethyl adjacent to an activating group) is 1. The van der Waals surface area contributed by atoms with E-state index in [0.29, 0.717) is 28.5 Å². The summed E-state index contributed by atoms with van der Waals surface area (Å²) in [6.45, 7) is 5.07. The van der Waals surface area contributed by atoms with Crippen molar-refractivity contribution >= 4 is 28.7 Å². The van der Waals surface area contributed by atoms with E-state index in [0.717, 1.165) is 38.3 Å². The zero-order valence-electron chi connectivity index (χ0n) is 18.6. The van der Waals surface area contributed by atoms with Gasteiger partial charge in [0.2, 0.25) is 5.95 Å². The van der Waals surface area contributed by atoms with Gasteiger partial charge in [-0.2, -0.15) is 0 Å². The Balaban J connectivity index is 1.36. The lowest BCUT2D eigenvalue weighted by molar-refractivity contribution is -0.274. The SMILES string of the molecule is Cc1nc(N2CCN(C)CC2)nc2ccc(NC(=O)COc3ccc(OC(F)(F)F)cc3)nc12. The van der Waals surface area contributed by atoms with Crippen molar-refractivity contribution in [1.82, 2.24) is 19.9 Å². The molecule has 1 aliphatic heterocycles. The minimum absolute atomic E-state index is 0.219. The van der Waals surface area contributed by atoms with Crippen molar-refractivity contribution < 1.29 is 27.4 Å². The molecule has 180 valence electrons. The second-order valence-electron chi connectivity index (χ2n) is 7.82. The topological polar surface area (TPSA) is 92.7 Å². The molecule has 1 fully saturated rings. The van der Waals surface area contributed by atoms with E-state index in [9.17, 15) is 18.0 Å². The minimum Gasteiger partial charge on any atom is -0.484 e. The number of hydrogen-bond acceptors (Lipinski definition) is 8. The van der Waals surface area contributed by atoms with Crippen LogP contribution in [0.5, 0.6) is 11.5 Å². The number of nitrogens with one attached hydrogen (secondary N) is 1. The van der Waals surface area contributed by atoms with Gasteiger partial charge < -0.3 is 24.6 Å². The molecule has 0 bridgehead atoms. The number of amides is 1. The minimum atomic E-state index is -4.77. The van der Waals surface area contributed by atoms with Crippen LogP contribution < -0.4 is 19.7 Å². The maximum atomic E-state index is 12.3. The number of fused-ring (bicyclic) bond motifs is 1. The van der Waals surface area contributed by atoms with Gasteiger partial charge in [-0.15, -0.1) is 13.2 Å². The van der Waals surface area contributed by atoms with Gasteiger partial charge in [0, 0.05) is 26.2 Å². The number of nitrogens with zero attached hydrogens (tertiary/aromatic N) is 5. The normalized spacial score (nSPS) is 14.8. The summed E-state index contributed by atoms with van der Waals surface area (Å²) < 4.78 is 45.8. The van der Waals surface area contributed by atoms with Gasteiger partial charge in [-0.1, -0.05) is 0 Å². The number of aryl methyl sites for hydroxylation is 1. The third-order valence-corrected chi connectivity index (χ3v) is 5.19. The number of anilines is 2. The lowest BCUT2D eigenvalue weighted by Crippen LogP contribution is -2.45. The van der Waals surface area contributed by atoms with Crippen LogP contribution in [-0.4, -0.2) is 72.0 Å². The maximum Gasteiger partial charge on any atom is 0.573 e. The van der Waals surface area contributed by atoms with Gasteiger partial charge in [-0.3, -0.25) is 4.79 Å². The molecule has 0 aliphatic carbocycles. The van der Waals surface area contributed by atoms with Crippen LogP contribution >= 0.6 is 0 Å². The monoisotopic (exact) mass is 476 g/mol. The van der Waals surface area contributed by atoms with E-state index in [1.54, 1.807) is 12.1 Å². The highest BCUT2D eigenvalue weighted by Gasteiger charge is 2.31. The van der Waals surface area contributed by atoms with Crippen molar-refractivity contribution in [1.29, 1.82) is 0 Å². The summed E-state index contributed by atoms with van der Waals surface area (Å²) in [6, 6.07) is 8.17. The zero-order chi connectivity index (χ0) is 24.3. The fourth-order valence-corrected chi connectivity index (χ4v) is 3.43. The third-order valence-electron chi connectivity index (χ3n) is 5.19. The Morgan fingerprint density at radius 3 is 2.35 bits per heavy atom. The molecule has 1 aromatic carbocycles.